The smallest absolute Gasteiger partial charge is 0.338 e. The summed E-state index contributed by atoms with van der Waals surface area (Å²) in [5.41, 5.74) is 0.609. The lowest BCUT2D eigenvalue weighted by molar-refractivity contribution is -0.0690. The number of ether oxygens (including phenoxy) is 2. The topological polar surface area (TPSA) is 35.5 Å². The van der Waals surface area contributed by atoms with Gasteiger partial charge < -0.3 is 9.47 Å². The first-order valence-electron chi connectivity index (χ1n) is 10.5. The maximum atomic E-state index is 12.5. The van der Waals surface area contributed by atoms with Gasteiger partial charge in [-0.2, -0.15) is 0 Å². The molecule has 0 aromatic heterocycles. The molecule has 3 nitrogen and oxygen atoms in total. The van der Waals surface area contributed by atoms with Crippen LogP contribution in [-0.4, -0.2) is 24.8 Å². The molecule has 0 fully saturated rings. The molecule has 0 radical (unpaired) electrons. The molecule has 0 heterocycles. The highest BCUT2D eigenvalue weighted by atomic mass is 16.6. The maximum absolute atomic E-state index is 12.5. The first-order chi connectivity index (χ1) is 12.7. The minimum atomic E-state index is -0.244. The highest BCUT2D eigenvalue weighted by molar-refractivity contribution is 5.89. The molecule has 0 saturated heterocycles. The van der Waals surface area contributed by atoms with Gasteiger partial charge in [-0.25, -0.2) is 4.79 Å². The van der Waals surface area contributed by atoms with Gasteiger partial charge in [0.15, 0.2) is 0 Å². The summed E-state index contributed by atoms with van der Waals surface area (Å²) in [6.45, 7) is 9.52. The van der Waals surface area contributed by atoms with Crippen molar-refractivity contribution in [2.45, 2.75) is 91.3 Å². The lowest BCUT2D eigenvalue weighted by atomic mass is 9.99. The normalized spacial score (nSPS) is 14.6. The monoisotopic (exact) mass is 362 g/mol. The van der Waals surface area contributed by atoms with Crippen molar-refractivity contribution in [1.29, 1.82) is 0 Å². The van der Waals surface area contributed by atoms with Crippen LogP contribution in [0.25, 0.3) is 0 Å². The highest BCUT2D eigenvalue weighted by Crippen LogP contribution is 2.21. The standard InChI is InChI=1S/C23H38O3/c1-5-9-15-19(8-4)18-25-21(13-6-2)22(14-7-3)26-23(24)20-16-11-10-12-17-20/h10-12,16-17,19,21-22H,5-9,13-15,18H2,1-4H3. The number of hydrogen-bond donors (Lipinski definition) is 0. The number of carbonyl (C=O) groups excluding carboxylic acids is 1. The van der Waals surface area contributed by atoms with Crippen molar-refractivity contribution >= 4 is 5.97 Å². The van der Waals surface area contributed by atoms with E-state index in [0.29, 0.717) is 11.5 Å². The average molecular weight is 363 g/mol. The highest BCUT2D eigenvalue weighted by Gasteiger charge is 2.26. The predicted molar refractivity (Wildman–Crippen MR) is 109 cm³/mol. The van der Waals surface area contributed by atoms with E-state index in [-0.39, 0.29) is 18.2 Å². The third kappa shape index (κ3) is 8.35. The molecule has 3 atom stereocenters. The van der Waals surface area contributed by atoms with Gasteiger partial charge in [-0.05, 0) is 37.3 Å². The van der Waals surface area contributed by atoms with E-state index in [2.05, 4.69) is 27.7 Å². The first kappa shape index (κ1) is 22.7. The fraction of sp³-hybridized carbons (Fsp3) is 0.696. The third-order valence-corrected chi connectivity index (χ3v) is 4.92. The van der Waals surface area contributed by atoms with Gasteiger partial charge in [-0.1, -0.05) is 78.0 Å². The van der Waals surface area contributed by atoms with Crippen molar-refractivity contribution in [2.75, 3.05) is 6.61 Å². The molecule has 0 spiro atoms. The molecule has 0 amide bonds. The van der Waals surface area contributed by atoms with Crippen molar-refractivity contribution in [1.82, 2.24) is 0 Å². The predicted octanol–water partition coefficient (Wildman–Crippen LogP) is 6.41. The molecule has 0 aliphatic heterocycles. The second-order valence-corrected chi connectivity index (χ2v) is 7.18. The van der Waals surface area contributed by atoms with Crippen LogP contribution in [0.1, 0.15) is 89.4 Å². The molecule has 0 aliphatic carbocycles. The Bertz CT molecular complexity index is 472. The van der Waals surface area contributed by atoms with Gasteiger partial charge >= 0.3 is 5.97 Å². The van der Waals surface area contributed by atoms with E-state index in [9.17, 15) is 4.79 Å². The Morgan fingerprint density at radius 2 is 1.54 bits per heavy atom. The Labute approximate surface area is 160 Å². The number of hydrogen-bond acceptors (Lipinski definition) is 3. The van der Waals surface area contributed by atoms with Crippen LogP contribution in [0, 0.1) is 5.92 Å². The zero-order chi connectivity index (χ0) is 19.2. The molecule has 0 N–H and O–H groups in total. The summed E-state index contributed by atoms with van der Waals surface area (Å²) in [6.07, 6.45) is 8.42. The van der Waals surface area contributed by atoms with Crippen LogP contribution >= 0.6 is 0 Å². The zero-order valence-electron chi connectivity index (χ0n) is 17.2. The Kier molecular flexibility index (Phi) is 12.0. The maximum Gasteiger partial charge on any atom is 0.338 e. The summed E-state index contributed by atoms with van der Waals surface area (Å²) in [7, 11) is 0. The van der Waals surface area contributed by atoms with Gasteiger partial charge in [0.2, 0.25) is 0 Å². The molecular weight excluding hydrogens is 324 g/mol. The van der Waals surface area contributed by atoms with E-state index in [0.717, 1.165) is 38.7 Å². The number of carbonyl (C=O) groups is 1. The van der Waals surface area contributed by atoms with Crippen molar-refractivity contribution < 1.29 is 14.3 Å². The van der Waals surface area contributed by atoms with Crippen molar-refractivity contribution in [3.8, 4) is 0 Å². The summed E-state index contributed by atoms with van der Waals surface area (Å²) in [5, 5.41) is 0. The Balaban J connectivity index is 2.71. The minimum Gasteiger partial charge on any atom is -0.456 e. The van der Waals surface area contributed by atoms with Crippen LogP contribution in [0.4, 0.5) is 0 Å². The number of benzene rings is 1. The second kappa shape index (κ2) is 13.8. The quantitative estimate of drug-likeness (QED) is 0.358. The fourth-order valence-corrected chi connectivity index (χ4v) is 3.20. The molecule has 3 heteroatoms. The van der Waals surface area contributed by atoms with Crippen LogP contribution in [0.3, 0.4) is 0 Å². The molecule has 148 valence electrons. The van der Waals surface area contributed by atoms with Gasteiger partial charge in [0.25, 0.3) is 0 Å². The largest absolute Gasteiger partial charge is 0.456 e. The van der Waals surface area contributed by atoms with Crippen LogP contribution in [-0.2, 0) is 9.47 Å². The van der Waals surface area contributed by atoms with Gasteiger partial charge in [0, 0.05) is 6.61 Å². The number of esters is 1. The van der Waals surface area contributed by atoms with Gasteiger partial charge in [0.05, 0.1) is 11.7 Å². The molecule has 0 aliphatic rings. The molecule has 3 unspecified atom stereocenters. The fourth-order valence-electron chi connectivity index (χ4n) is 3.20. The number of rotatable bonds is 14. The SMILES string of the molecule is CCCCC(CC)COC(CCC)C(CCC)OC(=O)c1ccccc1. The summed E-state index contributed by atoms with van der Waals surface area (Å²) < 4.78 is 12.2. The van der Waals surface area contributed by atoms with Crippen LogP contribution < -0.4 is 0 Å². The summed E-state index contributed by atoms with van der Waals surface area (Å²) in [6, 6.07) is 9.25. The molecule has 1 aromatic carbocycles. The second-order valence-electron chi connectivity index (χ2n) is 7.18. The van der Waals surface area contributed by atoms with E-state index in [1.54, 1.807) is 12.1 Å². The average Bonchev–Trinajstić information content (AvgIpc) is 2.67. The van der Waals surface area contributed by atoms with E-state index in [4.69, 9.17) is 9.47 Å². The first-order valence-corrected chi connectivity index (χ1v) is 10.5. The molecule has 1 rings (SSSR count). The van der Waals surface area contributed by atoms with Crippen LogP contribution in [0.2, 0.25) is 0 Å². The van der Waals surface area contributed by atoms with Crippen LogP contribution in [0.15, 0.2) is 30.3 Å². The molecule has 0 bridgehead atoms. The van der Waals surface area contributed by atoms with Gasteiger partial charge in [-0.15, -0.1) is 0 Å². The van der Waals surface area contributed by atoms with Crippen LogP contribution in [0.5, 0.6) is 0 Å². The Morgan fingerprint density at radius 1 is 0.885 bits per heavy atom. The van der Waals surface area contributed by atoms with Gasteiger partial charge in [-0.3, -0.25) is 0 Å². The Hall–Kier alpha value is -1.35. The summed E-state index contributed by atoms with van der Waals surface area (Å²) in [4.78, 5) is 12.5. The Morgan fingerprint density at radius 3 is 2.12 bits per heavy atom. The van der Waals surface area contributed by atoms with E-state index in [1.807, 2.05) is 18.2 Å². The zero-order valence-corrected chi connectivity index (χ0v) is 17.2. The molecule has 26 heavy (non-hydrogen) atoms. The van der Waals surface area contributed by atoms with E-state index >= 15 is 0 Å². The molecule has 0 saturated carbocycles. The third-order valence-electron chi connectivity index (χ3n) is 4.92. The van der Waals surface area contributed by atoms with Crippen molar-refractivity contribution in [3.63, 3.8) is 0 Å². The van der Waals surface area contributed by atoms with Crippen molar-refractivity contribution in [3.05, 3.63) is 35.9 Å². The van der Waals surface area contributed by atoms with E-state index < -0.39 is 0 Å². The molecule has 1 aromatic rings. The number of unbranched alkanes of at least 4 members (excludes halogenated alkanes) is 1. The minimum absolute atomic E-state index is 0.0108. The summed E-state index contributed by atoms with van der Waals surface area (Å²) in [5.74, 6) is 0.355. The lowest BCUT2D eigenvalue weighted by Gasteiger charge is -2.28. The summed E-state index contributed by atoms with van der Waals surface area (Å²) >= 11 is 0. The van der Waals surface area contributed by atoms with E-state index in [1.165, 1.54) is 19.3 Å². The molecular formula is C23H38O3. The lowest BCUT2D eigenvalue weighted by Crippen LogP contribution is -2.35. The van der Waals surface area contributed by atoms with Crippen molar-refractivity contribution in [2.24, 2.45) is 5.92 Å². The van der Waals surface area contributed by atoms with Gasteiger partial charge in [0.1, 0.15) is 6.10 Å².